The van der Waals surface area contributed by atoms with Gasteiger partial charge in [0.05, 0.1) is 19.5 Å². The second-order valence-electron chi connectivity index (χ2n) is 6.80. The van der Waals surface area contributed by atoms with E-state index in [1.54, 1.807) is 13.2 Å². The minimum Gasteiger partial charge on any atom is -0.493 e. The summed E-state index contributed by atoms with van der Waals surface area (Å²) in [6.07, 6.45) is 6.61. The van der Waals surface area contributed by atoms with Crippen molar-refractivity contribution in [3.8, 4) is 5.75 Å². The standard InChI is InChI=1S/C20H29N5O2/c1-16-3-4-18(19(11-16)27-14-17-5-10-26-13-17)12-24-20(21-2)23-7-9-25-8-6-22-15-25/h3-4,6,8,11,15,17H,5,7,9-10,12-14H2,1-2H3,(H2,21,23,24). The number of aryl methyl sites for hydroxylation is 1. The van der Waals surface area contributed by atoms with E-state index in [0.717, 1.165) is 50.0 Å². The van der Waals surface area contributed by atoms with E-state index in [4.69, 9.17) is 9.47 Å². The molecular formula is C20H29N5O2. The third kappa shape index (κ3) is 5.99. The van der Waals surface area contributed by atoms with Crippen molar-refractivity contribution in [2.75, 3.05) is 33.4 Å². The quantitative estimate of drug-likeness (QED) is 0.548. The summed E-state index contributed by atoms with van der Waals surface area (Å²) < 4.78 is 13.6. The van der Waals surface area contributed by atoms with Gasteiger partial charge in [0.15, 0.2) is 5.96 Å². The predicted molar refractivity (Wildman–Crippen MR) is 106 cm³/mol. The Balaban J connectivity index is 1.50. The second-order valence-corrected chi connectivity index (χ2v) is 6.80. The van der Waals surface area contributed by atoms with Gasteiger partial charge in [0.25, 0.3) is 0 Å². The fourth-order valence-electron chi connectivity index (χ4n) is 2.99. The van der Waals surface area contributed by atoms with E-state index < -0.39 is 0 Å². The molecule has 1 aromatic heterocycles. The molecule has 2 aromatic rings. The lowest BCUT2D eigenvalue weighted by Crippen LogP contribution is -2.38. The molecule has 0 bridgehead atoms. The zero-order chi connectivity index (χ0) is 18.9. The van der Waals surface area contributed by atoms with Gasteiger partial charge in [-0.1, -0.05) is 12.1 Å². The molecule has 1 aliphatic heterocycles. The summed E-state index contributed by atoms with van der Waals surface area (Å²) in [6.45, 7) is 6.69. The van der Waals surface area contributed by atoms with E-state index in [1.165, 1.54) is 5.56 Å². The van der Waals surface area contributed by atoms with Crippen LogP contribution in [0.1, 0.15) is 17.5 Å². The number of ether oxygens (including phenoxy) is 2. The van der Waals surface area contributed by atoms with Crippen molar-refractivity contribution in [2.45, 2.75) is 26.4 Å². The molecule has 1 atom stereocenters. The third-order valence-electron chi connectivity index (χ3n) is 4.61. The summed E-state index contributed by atoms with van der Waals surface area (Å²) in [7, 11) is 1.78. The van der Waals surface area contributed by atoms with Crippen LogP contribution < -0.4 is 15.4 Å². The van der Waals surface area contributed by atoms with Crippen molar-refractivity contribution >= 4 is 5.96 Å². The molecule has 1 aliphatic rings. The highest BCUT2D eigenvalue weighted by atomic mass is 16.5. The van der Waals surface area contributed by atoms with E-state index in [2.05, 4.69) is 45.7 Å². The molecule has 1 unspecified atom stereocenters. The zero-order valence-electron chi connectivity index (χ0n) is 16.1. The molecule has 7 nitrogen and oxygen atoms in total. The normalized spacial score (nSPS) is 17.1. The summed E-state index contributed by atoms with van der Waals surface area (Å²) in [5.41, 5.74) is 2.32. The highest BCUT2D eigenvalue weighted by Gasteiger charge is 2.17. The average molecular weight is 371 g/mol. The third-order valence-corrected chi connectivity index (χ3v) is 4.61. The fraction of sp³-hybridized carbons (Fsp3) is 0.500. The van der Waals surface area contributed by atoms with E-state index in [-0.39, 0.29) is 0 Å². The van der Waals surface area contributed by atoms with Crippen molar-refractivity contribution in [3.05, 3.63) is 48.0 Å². The predicted octanol–water partition coefficient (Wildman–Crippen LogP) is 1.97. The van der Waals surface area contributed by atoms with E-state index >= 15 is 0 Å². The van der Waals surface area contributed by atoms with Crippen LogP contribution in [0.25, 0.3) is 0 Å². The van der Waals surface area contributed by atoms with Crippen molar-refractivity contribution in [1.29, 1.82) is 0 Å². The lowest BCUT2D eigenvalue weighted by molar-refractivity contribution is 0.166. The molecule has 146 valence electrons. The Hall–Kier alpha value is -2.54. The summed E-state index contributed by atoms with van der Waals surface area (Å²) in [5.74, 6) is 2.19. The first-order valence-electron chi connectivity index (χ1n) is 9.45. The van der Waals surface area contributed by atoms with Crippen molar-refractivity contribution in [2.24, 2.45) is 10.9 Å². The topological polar surface area (TPSA) is 72.7 Å². The summed E-state index contributed by atoms with van der Waals surface area (Å²) in [5, 5.41) is 6.68. The van der Waals surface area contributed by atoms with Crippen LogP contribution in [0.5, 0.6) is 5.75 Å². The summed E-state index contributed by atoms with van der Waals surface area (Å²) >= 11 is 0. The van der Waals surface area contributed by atoms with Crippen LogP contribution in [-0.4, -0.2) is 48.9 Å². The number of nitrogens with one attached hydrogen (secondary N) is 2. The molecule has 1 aromatic carbocycles. The molecule has 0 aliphatic carbocycles. The highest BCUT2D eigenvalue weighted by molar-refractivity contribution is 5.79. The van der Waals surface area contributed by atoms with Crippen molar-refractivity contribution < 1.29 is 9.47 Å². The number of imidazole rings is 1. The Morgan fingerprint density at radius 2 is 2.33 bits per heavy atom. The minimum atomic E-state index is 0.490. The van der Waals surface area contributed by atoms with Gasteiger partial charge in [-0.15, -0.1) is 0 Å². The maximum Gasteiger partial charge on any atom is 0.191 e. The number of nitrogens with zero attached hydrogens (tertiary/aromatic N) is 3. The molecule has 27 heavy (non-hydrogen) atoms. The number of rotatable bonds is 8. The Morgan fingerprint density at radius 1 is 1.41 bits per heavy atom. The summed E-state index contributed by atoms with van der Waals surface area (Å²) in [4.78, 5) is 8.34. The van der Waals surface area contributed by atoms with Crippen LogP contribution in [0.15, 0.2) is 41.9 Å². The van der Waals surface area contributed by atoms with Crippen molar-refractivity contribution in [1.82, 2.24) is 20.2 Å². The van der Waals surface area contributed by atoms with Crippen LogP contribution in [0.4, 0.5) is 0 Å². The lowest BCUT2D eigenvalue weighted by atomic mass is 10.1. The maximum atomic E-state index is 6.11. The molecule has 2 heterocycles. The van der Waals surface area contributed by atoms with Crippen LogP contribution in [-0.2, 0) is 17.8 Å². The first-order chi connectivity index (χ1) is 13.2. The van der Waals surface area contributed by atoms with Gasteiger partial charge in [0, 0.05) is 57.2 Å². The second kappa shape index (κ2) is 9.97. The number of benzene rings is 1. The molecule has 1 saturated heterocycles. The Labute approximate surface area is 160 Å². The Morgan fingerprint density at radius 3 is 3.07 bits per heavy atom. The molecule has 7 heteroatoms. The number of hydrogen-bond donors (Lipinski definition) is 2. The van der Waals surface area contributed by atoms with Gasteiger partial charge in [-0.3, -0.25) is 4.99 Å². The highest BCUT2D eigenvalue weighted by Crippen LogP contribution is 2.22. The van der Waals surface area contributed by atoms with Gasteiger partial charge in [-0.05, 0) is 25.0 Å². The molecule has 0 saturated carbocycles. The van der Waals surface area contributed by atoms with Gasteiger partial charge < -0.3 is 24.7 Å². The number of guanidine groups is 1. The number of hydrogen-bond acceptors (Lipinski definition) is 4. The van der Waals surface area contributed by atoms with Gasteiger partial charge in [0.2, 0.25) is 0 Å². The minimum absolute atomic E-state index is 0.490. The first-order valence-corrected chi connectivity index (χ1v) is 9.45. The molecular weight excluding hydrogens is 342 g/mol. The van der Waals surface area contributed by atoms with E-state index in [1.807, 2.05) is 17.1 Å². The lowest BCUT2D eigenvalue weighted by Gasteiger charge is -2.17. The molecule has 0 spiro atoms. The number of aliphatic imine (C=N–C) groups is 1. The fourth-order valence-corrected chi connectivity index (χ4v) is 2.99. The maximum absolute atomic E-state index is 6.11. The molecule has 2 N–H and O–H groups in total. The van der Waals surface area contributed by atoms with E-state index in [9.17, 15) is 0 Å². The van der Waals surface area contributed by atoms with Crippen LogP contribution in [0.3, 0.4) is 0 Å². The smallest absolute Gasteiger partial charge is 0.191 e. The number of aromatic nitrogens is 2. The molecule has 0 radical (unpaired) electrons. The molecule has 1 fully saturated rings. The average Bonchev–Trinajstić information content (AvgIpc) is 3.37. The van der Waals surface area contributed by atoms with Gasteiger partial charge >= 0.3 is 0 Å². The Kier molecular flexibility index (Phi) is 7.10. The van der Waals surface area contributed by atoms with Crippen molar-refractivity contribution in [3.63, 3.8) is 0 Å². The van der Waals surface area contributed by atoms with E-state index in [0.29, 0.717) is 19.1 Å². The van der Waals surface area contributed by atoms with Crippen LogP contribution >= 0.6 is 0 Å². The monoisotopic (exact) mass is 371 g/mol. The van der Waals surface area contributed by atoms with Gasteiger partial charge in [-0.2, -0.15) is 0 Å². The summed E-state index contributed by atoms with van der Waals surface area (Å²) in [6, 6.07) is 6.32. The van der Waals surface area contributed by atoms with Crippen LogP contribution in [0, 0.1) is 12.8 Å². The molecule has 3 rings (SSSR count). The SMILES string of the molecule is CN=C(NCCn1ccnc1)NCc1ccc(C)cc1OCC1CCOC1. The molecule has 0 amide bonds. The van der Waals surface area contributed by atoms with Gasteiger partial charge in [0.1, 0.15) is 5.75 Å². The zero-order valence-corrected chi connectivity index (χ0v) is 16.1. The largest absolute Gasteiger partial charge is 0.493 e. The van der Waals surface area contributed by atoms with Crippen LogP contribution in [0.2, 0.25) is 0 Å². The first kappa shape index (κ1) is 19.2. The Bertz CT molecular complexity index is 724. The van der Waals surface area contributed by atoms with Gasteiger partial charge in [-0.25, -0.2) is 4.98 Å².